The molecule has 3 aromatic rings. The second-order valence-corrected chi connectivity index (χ2v) is 10.7. The maximum atomic E-state index is 13.6. The summed E-state index contributed by atoms with van der Waals surface area (Å²) in [6.45, 7) is 5.03. The van der Waals surface area contributed by atoms with E-state index in [-0.39, 0.29) is 22.5 Å². The van der Waals surface area contributed by atoms with E-state index in [2.05, 4.69) is 0 Å². The summed E-state index contributed by atoms with van der Waals surface area (Å²) in [6.07, 6.45) is 2.84. The first-order valence-corrected chi connectivity index (χ1v) is 12.6. The zero-order valence-electron chi connectivity index (χ0n) is 17.2. The number of aromatic nitrogens is 1. The molecule has 0 bridgehead atoms. The minimum Gasteiger partial charge on any atom is -0.376 e. The number of nitrogens with zero attached hydrogens (tertiary/aromatic N) is 2. The molecule has 158 valence electrons. The van der Waals surface area contributed by atoms with Crippen molar-refractivity contribution in [3.05, 3.63) is 53.1 Å². The molecule has 30 heavy (non-hydrogen) atoms. The Balaban J connectivity index is 1.83. The smallest absolute Gasteiger partial charge is 0.261 e. The fourth-order valence-electron chi connectivity index (χ4n) is 3.72. The van der Waals surface area contributed by atoms with Crippen LogP contribution >= 0.6 is 11.3 Å². The monoisotopic (exact) mass is 444 g/mol. The molecule has 1 aliphatic rings. The first-order chi connectivity index (χ1) is 14.3. The van der Waals surface area contributed by atoms with Crippen molar-refractivity contribution in [2.45, 2.75) is 37.7 Å². The Kier molecular flexibility index (Phi) is 5.65. The molecule has 1 atom stereocenters. The number of carbonyl (C=O) groups excluding carboxylic acids is 1. The maximum absolute atomic E-state index is 13.6. The van der Waals surface area contributed by atoms with Gasteiger partial charge in [-0.2, -0.15) is 0 Å². The zero-order valence-corrected chi connectivity index (χ0v) is 18.8. The largest absolute Gasteiger partial charge is 0.376 e. The third-order valence-electron chi connectivity index (χ3n) is 5.33. The molecule has 2 aromatic carbocycles. The number of fused-ring (bicyclic) bond motifs is 1. The van der Waals surface area contributed by atoms with Gasteiger partial charge < -0.3 is 4.74 Å². The number of thiazole rings is 1. The number of hydrogen-bond donors (Lipinski definition) is 0. The van der Waals surface area contributed by atoms with Crippen LogP contribution in [0.3, 0.4) is 0 Å². The highest BCUT2D eigenvalue weighted by atomic mass is 32.2. The average molecular weight is 445 g/mol. The SMILES string of the molecule is Cc1ccc(C)c2sc(N(CC3CCCO3)C(=O)c3ccccc3S(C)(=O)=O)nc12. The molecule has 1 fully saturated rings. The van der Waals surface area contributed by atoms with Crippen LogP contribution in [0, 0.1) is 13.8 Å². The topological polar surface area (TPSA) is 76.6 Å². The molecule has 1 amide bonds. The number of anilines is 1. The maximum Gasteiger partial charge on any atom is 0.261 e. The van der Waals surface area contributed by atoms with Gasteiger partial charge in [-0.3, -0.25) is 9.69 Å². The molecular formula is C22H24N2O4S2. The Morgan fingerprint density at radius 1 is 1.20 bits per heavy atom. The summed E-state index contributed by atoms with van der Waals surface area (Å²) in [5.41, 5.74) is 3.17. The lowest BCUT2D eigenvalue weighted by Crippen LogP contribution is -2.38. The standard InChI is InChI=1S/C22H24N2O4S2/c1-14-10-11-15(2)20-19(14)23-22(29-20)24(13-16-7-6-12-28-16)21(25)17-8-4-5-9-18(17)30(3,26)27/h4-5,8-11,16H,6-7,12-13H2,1-3H3. The molecule has 1 unspecified atom stereocenters. The number of ether oxygens (including phenoxy) is 1. The average Bonchev–Trinajstić information content (AvgIpc) is 3.38. The van der Waals surface area contributed by atoms with Gasteiger partial charge >= 0.3 is 0 Å². The van der Waals surface area contributed by atoms with Gasteiger partial charge in [-0.1, -0.05) is 35.6 Å². The van der Waals surface area contributed by atoms with Crippen LogP contribution in [-0.4, -0.2) is 44.8 Å². The number of aryl methyl sites for hydroxylation is 2. The van der Waals surface area contributed by atoms with E-state index in [9.17, 15) is 13.2 Å². The lowest BCUT2D eigenvalue weighted by molar-refractivity contribution is 0.0915. The lowest BCUT2D eigenvalue weighted by Gasteiger charge is -2.24. The summed E-state index contributed by atoms with van der Waals surface area (Å²) >= 11 is 1.45. The van der Waals surface area contributed by atoms with Crippen molar-refractivity contribution < 1.29 is 17.9 Å². The van der Waals surface area contributed by atoms with Crippen LogP contribution in [0.2, 0.25) is 0 Å². The minimum absolute atomic E-state index is 0.0285. The number of amides is 1. The van der Waals surface area contributed by atoms with E-state index < -0.39 is 9.84 Å². The second-order valence-electron chi connectivity index (χ2n) is 7.69. The molecular weight excluding hydrogens is 420 g/mol. The molecule has 1 saturated heterocycles. The highest BCUT2D eigenvalue weighted by molar-refractivity contribution is 7.90. The minimum atomic E-state index is -3.56. The van der Waals surface area contributed by atoms with Gasteiger partial charge in [-0.05, 0) is 49.9 Å². The number of rotatable bonds is 5. The van der Waals surface area contributed by atoms with Crippen LogP contribution in [0.25, 0.3) is 10.2 Å². The van der Waals surface area contributed by atoms with Crippen LogP contribution < -0.4 is 4.90 Å². The van der Waals surface area contributed by atoms with Gasteiger partial charge in [0, 0.05) is 12.9 Å². The Labute approximate surface area is 180 Å². The predicted octanol–water partition coefficient (Wildman–Crippen LogP) is 4.14. The number of carbonyl (C=O) groups is 1. The van der Waals surface area contributed by atoms with E-state index in [1.54, 1.807) is 23.1 Å². The van der Waals surface area contributed by atoms with Gasteiger partial charge in [0.05, 0.1) is 33.3 Å². The molecule has 0 aliphatic carbocycles. The first-order valence-electron chi connectivity index (χ1n) is 9.85. The summed E-state index contributed by atoms with van der Waals surface area (Å²) in [7, 11) is -3.56. The molecule has 0 saturated carbocycles. The number of benzene rings is 2. The van der Waals surface area contributed by atoms with Gasteiger partial charge in [0.25, 0.3) is 5.91 Å². The summed E-state index contributed by atoms with van der Waals surface area (Å²) in [6, 6.07) is 10.4. The zero-order chi connectivity index (χ0) is 21.5. The highest BCUT2D eigenvalue weighted by Crippen LogP contribution is 2.35. The molecule has 4 rings (SSSR count). The molecule has 0 radical (unpaired) electrons. The van der Waals surface area contributed by atoms with E-state index in [4.69, 9.17) is 9.72 Å². The fraction of sp³-hybridized carbons (Fsp3) is 0.364. The molecule has 0 spiro atoms. The quantitative estimate of drug-likeness (QED) is 0.591. The van der Waals surface area contributed by atoms with Gasteiger partial charge in [0.15, 0.2) is 15.0 Å². The van der Waals surface area contributed by atoms with E-state index in [1.807, 2.05) is 26.0 Å². The van der Waals surface area contributed by atoms with Crippen molar-refractivity contribution in [3.63, 3.8) is 0 Å². The Hall–Kier alpha value is -2.29. The van der Waals surface area contributed by atoms with Crippen molar-refractivity contribution >= 4 is 42.4 Å². The summed E-state index contributed by atoms with van der Waals surface area (Å²) in [4.78, 5) is 20.0. The molecule has 8 heteroatoms. The van der Waals surface area contributed by atoms with Crippen LogP contribution in [0.4, 0.5) is 5.13 Å². The molecule has 0 N–H and O–H groups in total. The van der Waals surface area contributed by atoms with Crippen LogP contribution in [0.15, 0.2) is 41.3 Å². The van der Waals surface area contributed by atoms with Crippen molar-refractivity contribution in [1.82, 2.24) is 4.98 Å². The number of hydrogen-bond acceptors (Lipinski definition) is 6. The van der Waals surface area contributed by atoms with Crippen LogP contribution in [-0.2, 0) is 14.6 Å². The lowest BCUT2D eigenvalue weighted by atomic mass is 10.1. The predicted molar refractivity (Wildman–Crippen MR) is 119 cm³/mol. The number of sulfone groups is 1. The van der Waals surface area contributed by atoms with Crippen LogP contribution in [0.1, 0.15) is 34.3 Å². The van der Waals surface area contributed by atoms with E-state index in [1.165, 1.54) is 17.4 Å². The Morgan fingerprint density at radius 3 is 2.60 bits per heavy atom. The normalized spacial score (nSPS) is 16.8. The van der Waals surface area contributed by atoms with Gasteiger partial charge in [0.1, 0.15) is 0 Å². The van der Waals surface area contributed by atoms with E-state index >= 15 is 0 Å². The van der Waals surface area contributed by atoms with E-state index in [0.717, 1.165) is 40.4 Å². The van der Waals surface area contributed by atoms with Crippen molar-refractivity contribution in [2.24, 2.45) is 0 Å². The highest BCUT2D eigenvalue weighted by Gasteiger charge is 2.30. The molecule has 1 aliphatic heterocycles. The van der Waals surface area contributed by atoms with E-state index in [0.29, 0.717) is 18.3 Å². The summed E-state index contributed by atoms with van der Waals surface area (Å²) in [5, 5.41) is 0.561. The van der Waals surface area contributed by atoms with Crippen LogP contribution in [0.5, 0.6) is 0 Å². The third-order valence-corrected chi connectivity index (χ3v) is 7.70. The van der Waals surface area contributed by atoms with Gasteiger partial charge in [-0.25, -0.2) is 13.4 Å². The van der Waals surface area contributed by atoms with Crippen molar-refractivity contribution in [3.8, 4) is 0 Å². The fourth-order valence-corrected chi connectivity index (χ4v) is 5.72. The molecule has 1 aromatic heterocycles. The Bertz CT molecular complexity index is 1170. The summed E-state index contributed by atoms with van der Waals surface area (Å²) in [5.74, 6) is -0.374. The second kappa shape index (κ2) is 8.09. The third kappa shape index (κ3) is 3.99. The van der Waals surface area contributed by atoms with Crippen molar-refractivity contribution in [1.29, 1.82) is 0 Å². The van der Waals surface area contributed by atoms with Gasteiger partial charge in [0.2, 0.25) is 0 Å². The first kappa shape index (κ1) is 21.0. The molecule has 2 heterocycles. The molecule has 6 nitrogen and oxygen atoms in total. The van der Waals surface area contributed by atoms with Gasteiger partial charge in [-0.15, -0.1) is 0 Å². The van der Waals surface area contributed by atoms with Crippen molar-refractivity contribution in [2.75, 3.05) is 24.3 Å². The summed E-state index contributed by atoms with van der Waals surface area (Å²) < 4.78 is 31.4. The Morgan fingerprint density at radius 2 is 1.93 bits per heavy atom.